The molecule has 0 aliphatic rings. The number of nitrogens with two attached hydrogens (primary N) is 3. The number of rotatable bonds is 35. The van der Waals surface area contributed by atoms with Crippen molar-refractivity contribution < 1.29 is 24.3 Å². The second kappa shape index (κ2) is 33.7. The predicted molar refractivity (Wildman–Crippen MR) is 192 cm³/mol. The van der Waals surface area contributed by atoms with Crippen LogP contribution in [-0.2, 0) is 19.2 Å². The lowest BCUT2D eigenvalue weighted by Gasteiger charge is -2.18. The molecule has 0 aliphatic heterocycles. The van der Waals surface area contributed by atoms with Gasteiger partial charge in [-0.05, 0) is 83.8 Å². The van der Waals surface area contributed by atoms with Gasteiger partial charge in [0.2, 0.25) is 17.7 Å². The van der Waals surface area contributed by atoms with E-state index in [2.05, 4.69) is 16.0 Å². The van der Waals surface area contributed by atoms with Crippen molar-refractivity contribution in [2.45, 2.75) is 179 Å². The molecule has 0 radical (unpaired) electrons. The third-order valence-electron chi connectivity index (χ3n) is 8.67. The molecule has 3 amide bonds. The van der Waals surface area contributed by atoms with Gasteiger partial charge in [0.1, 0.15) is 12.1 Å². The zero-order valence-electron chi connectivity index (χ0n) is 29.7. The number of carbonyl (C=O) groups excluding carboxylic acids is 3. The lowest BCUT2D eigenvalue weighted by atomic mass is 10.1. The van der Waals surface area contributed by atoms with Gasteiger partial charge in [-0.15, -0.1) is 0 Å². The van der Waals surface area contributed by atoms with Crippen LogP contribution in [0.3, 0.4) is 0 Å². The van der Waals surface area contributed by atoms with Gasteiger partial charge in [-0.25, -0.2) is 4.79 Å². The second-order valence-electron chi connectivity index (χ2n) is 13.1. The molecule has 0 spiro atoms. The van der Waals surface area contributed by atoms with E-state index in [1.165, 1.54) is 32.1 Å². The molecule has 11 heteroatoms. The number of carboxylic acids is 1. The van der Waals surface area contributed by atoms with Crippen LogP contribution in [0.15, 0.2) is 0 Å². The fraction of sp³-hybridized carbons (Fsp3) is 0.889. The first-order valence-corrected chi connectivity index (χ1v) is 19.0. The molecule has 11 nitrogen and oxygen atoms in total. The Morgan fingerprint density at radius 2 is 0.787 bits per heavy atom. The molecule has 0 aromatic rings. The van der Waals surface area contributed by atoms with Gasteiger partial charge in [0.15, 0.2) is 0 Å². The van der Waals surface area contributed by atoms with Gasteiger partial charge in [-0.3, -0.25) is 14.4 Å². The molecule has 0 saturated heterocycles. The molecule has 0 rings (SSSR count). The molecule has 10 N–H and O–H groups in total. The quantitative estimate of drug-likeness (QED) is 0.0448. The first-order valence-electron chi connectivity index (χ1n) is 19.0. The molecule has 0 aromatic carbocycles. The van der Waals surface area contributed by atoms with E-state index in [4.69, 9.17) is 17.2 Å². The van der Waals surface area contributed by atoms with E-state index >= 15 is 0 Å². The molecule has 0 bridgehead atoms. The van der Waals surface area contributed by atoms with Crippen LogP contribution in [0, 0.1) is 0 Å². The molecule has 0 heterocycles. The van der Waals surface area contributed by atoms with Crippen molar-refractivity contribution in [2.75, 3.05) is 26.2 Å². The van der Waals surface area contributed by atoms with E-state index in [1.54, 1.807) is 0 Å². The van der Waals surface area contributed by atoms with Gasteiger partial charge in [0.05, 0.1) is 0 Å². The van der Waals surface area contributed by atoms with Gasteiger partial charge in [0.25, 0.3) is 0 Å². The summed E-state index contributed by atoms with van der Waals surface area (Å²) < 4.78 is 0. The number of hydrogen-bond donors (Lipinski definition) is 7. The molecule has 0 aromatic heterocycles. The lowest BCUT2D eigenvalue weighted by molar-refractivity contribution is -0.142. The largest absolute Gasteiger partial charge is 0.480 e. The second-order valence-corrected chi connectivity index (χ2v) is 13.1. The standard InChI is InChI=1S/C36H72N6O5/c37-27-19-13-9-5-1-3-7-11-15-25-33(43)41-31(23-17-20-28-38)35(45)40-30-22-14-10-6-2-4-8-12-16-26-34(44)42-32(36(46)47)24-18-21-29-39/h31-32H,1-30,37-39H2,(H,40,45)(H,41,43)(H,42,44)(H,46,47). The van der Waals surface area contributed by atoms with E-state index < -0.39 is 18.1 Å². The molecular formula is C36H72N6O5. The number of carbonyl (C=O) groups is 4. The molecule has 47 heavy (non-hydrogen) atoms. The maximum Gasteiger partial charge on any atom is 0.326 e. The zero-order chi connectivity index (χ0) is 34.8. The Morgan fingerprint density at radius 3 is 1.21 bits per heavy atom. The van der Waals surface area contributed by atoms with Crippen molar-refractivity contribution >= 4 is 23.7 Å². The van der Waals surface area contributed by atoms with Crippen LogP contribution in [0.4, 0.5) is 0 Å². The lowest BCUT2D eigenvalue weighted by Crippen LogP contribution is -2.47. The van der Waals surface area contributed by atoms with E-state index in [0.717, 1.165) is 109 Å². The first-order chi connectivity index (χ1) is 22.8. The summed E-state index contributed by atoms with van der Waals surface area (Å²) in [5.74, 6) is -1.31. The number of amides is 3. The van der Waals surface area contributed by atoms with Gasteiger partial charge in [-0.1, -0.05) is 89.9 Å². The number of unbranched alkanes of at least 4 members (excludes halogenated alkanes) is 18. The van der Waals surface area contributed by atoms with Gasteiger partial charge >= 0.3 is 5.97 Å². The summed E-state index contributed by atoms with van der Waals surface area (Å²) in [6.45, 7) is 2.50. The fourth-order valence-corrected chi connectivity index (χ4v) is 5.69. The summed E-state index contributed by atoms with van der Waals surface area (Å²) in [5, 5.41) is 17.9. The van der Waals surface area contributed by atoms with Crippen LogP contribution in [0.5, 0.6) is 0 Å². The van der Waals surface area contributed by atoms with Crippen molar-refractivity contribution in [1.29, 1.82) is 0 Å². The van der Waals surface area contributed by atoms with Crippen molar-refractivity contribution in [3.05, 3.63) is 0 Å². The van der Waals surface area contributed by atoms with Crippen molar-refractivity contribution in [1.82, 2.24) is 16.0 Å². The van der Waals surface area contributed by atoms with Crippen molar-refractivity contribution in [3.8, 4) is 0 Å². The summed E-state index contributed by atoms with van der Waals surface area (Å²) in [7, 11) is 0. The summed E-state index contributed by atoms with van der Waals surface area (Å²) >= 11 is 0. The highest BCUT2D eigenvalue weighted by molar-refractivity contribution is 5.87. The van der Waals surface area contributed by atoms with Crippen LogP contribution in [0.2, 0.25) is 0 Å². The van der Waals surface area contributed by atoms with Crippen LogP contribution in [0.25, 0.3) is 0 Å². The highest BCUT2D eigenvalue weighted by Crippen LogP contribution is 2.12. The average Bonchev–Trinajstić information content (AvgIpc) is 3.05. The minimum Gasteiger partial charge on any atom is -0.480 e. The third-order valence-corrected chi connectivity index (χ3v) is 8.67. The number of hydrogen-bond acceptors (Lipinski definition) is 7. The van der Waals surface area contributed by atoms with Crippen LogP contribution >= 0.6 is 0 Å². The highest BCUT2D eigenvalue weighted by Gasteiger charge is 2.20. The van der Waals surface area contributed by atoms with Crippen LogP contribution < -0.4 is 33.2 Å². The highest BCUT2D eigenvalue weighted by atomic mass is 16.4. The van der Waals surface area contributed by atoms with E-state index in [0.29, 0.717) is 51.7 Å². The first kappa shape index (κ1) is 44.8. The molecule has 2 atom stereocenters. The number of nitrogens with one attached hydrogen (secondary N) is 3. The predicted octanol–water partition coefficient (Wildman–Crippen LogP) is 5.18. The van der Waals surface area contributed by atoms with Crippen molar-refractivity contribution in [3.63, 3.8) is 0 Å². The van der Waals surface area contributed by atoms with Crippen molar-refractivity contribution in [2.24, 2.45) is 17.2 Å². The fourth-order valence-electron chi connectivity index (χ4n) is 5.69. The summed E-state index contributed by atoms with van der Waals surface area (Å²) in [4.78, 5) is 48.8. The Balaban J connectivity index is 3.95. The van der Waals surface area contributed by atoms with Gasteiger partial charge in [0, 0.05) is 19.4 Å². The molecule has 0 fully saturated rings. The Bertz CT molecular complexity index is 785. The summed E-state index contributed by atoms with van der Waals surface area (Å²) in [5.41, 5.74) is 16.6. The number of carboxylic acid groups (broad SMARTS) is 1. The van der Waals surface area contributed by atoms with E-state index in [-0.39, 0.29) is 17.7 Å². The van der Waals surface area contributed by atoms with Gasteiger partial charge in [-0.2, -0.15) is 0 Å². The monoisotopic (exact) mass is 669 g/mol. The van der Waals surface area contributed by atoms with Gasteiger partial charge < -0.3 is 38.3 Å². The van der Waals surface area contributed by atoms with E-state index in [1.807, 2.05) is 0 Å². The molecule has 2 unspecified atom stereocenters. The summed E-state index contributed by atoms with van der Waals surface area (Å²) in [6.07, 6.45) is 24.6. The third kappa shape index (κ3) is 29.6. The molecule has 0 aliphatic carbocycles. The molecule has 0 saturated carbocycles. The maximum atomic E-state index is 12.8. The Hall–Kier alpha value is -2.24. The smallest absolute Gasteiger partial charge is 0.326 e. The Labute approximate surface area is 286 Å². The van der Waals surface area contributed by atoms with Crippen LogP contribution in [0.1, 0.15) is 167 Å². The number of aliphatic carboxylic acids is 1. The maximum absolute atomic E-state index is 12.8. The normalized spacial score (nSPS) is 12.4. The Morgan fingerprint density at radius 1 is 0.447 bits per heavy atom. The van der Waals surface area contributed by atoms with E-state index in [9.17, 15) is 24.3 Å². The van der Waals surface area contributed by atoms with Crippen LogP contribution in [-0.4, -0.2) is 67.1 Å². The molecular weight excluding hydrogens is 596 g/mol. The molecule has 276 valence electrons. The summed E-state index contributed by atoms with van der Waals surface area (Å²) in [6, 6.07) is -1.32. The SMILES string of the molecule is NCCCCCCCCCCCC(=O)NC(CCCCN)C(=O)NCCCCCCCCCCCC(=O)NC(CCCCN)C(=O)O. The Kier molecular flexibility index (Phi) is 32.0. The minimum atomic E-state index is -0.989. The topological polar surface area (TPSA) is 203 Å². The minimum absolute atomic E-state index is 0.0381. The zero-order valence-corrected chi connectivity index (χ0v) is 29.7. The average molecular weight is 669 g/mol.